The maximum absolute atomic E-state index is 6.22. The molecule has 0 aromatic carbocycles. The summed E-state index contributed by atoms with van der Waals surface area (Å²) in [5, 5.41) is 0.603. The molecule has 2 heterocycles. The third-order valence-electron chi connectivity index (χ3n) is 4.10. The van der Waals surface area contributed by atoms with Crippen molar-refractivity contribution < 1.29 is 0 Å². The van der Waals surface area contributed by atoms with Gasteiger partial charge in [-0.15, -0.1) is 0 Å². The largest absolute Gasteiger partial charge is 0.354 e. The predicted molar refractivity (Wildman–Crippen MR) is 78.0 cm³/mol. The van der Waals surface area contributed by atoms with Gasteiger partial charge in [-0.2, -0.15) is 0 Å². The smallest absolute Gasteiger partial charge is 0.137 e. The number of hydrogen-bond acceptors (Lipinski definition) is 4. The van der Waals surface area contributed by atoms with Crippen LogP contribution in [0.2, 0.25) is 5.15 Å². The van der Waals surface area contributed by atoms with Gasteiger partial charge in [0.15, 0.2) is 0 Å². The van der Waals surface area contributed by atoms with E-state index >= 15 is 0 Å². The van der Waals surface area contributed by atoms with E-state index in [0.29, 0.717) is 5.15 Å². The van der Waals surface area contributed by atoms with Crippen molar-refractivity contribution in [2.24, 2.45) is 0 Å². The van der Waals surface area contributed by atoms with Crippen LogP contribution in [0.3, 0.4) is 0 Å². The van der Waals surface area contributed by atoms with Crippen LogP contribution >= 0.6 is 11.6 Å². The predicted octanol–water partition coefficient (Wildman–Crippen LogP) is 2.29. The zero-order valence-electron chi connectivity index (χ0n) is 11.7. The molecule has 5 heteroatoms. The standard InChI is InChI=1S/C14H21ClN4/c1-3-12-16-13(15)10(2)14(17-12)19-8-6-18(7-9-19)11-4-5-11/h11H,3-9H2,1-2H3. The van der Waals surface area contributed by atoms with Crippen molar-refractivity contribution in [2.75, 3.05) is 31.1 Å². The highest BCUT2D eigenvalue weighted by Crippen LogP contribution is 2.29. The van der Waals surface area contributed by atoms with Gasteiger partial charge in [0, 0.05) is 44.2 Å². The monoisotopic (exact) mass is 280 g/mol. The fourth-order valence-corrected chi connectivity index (χ4v) is 2.91. The van der Waals surface area contributed by atoms with Crippen molar-refractivity contribution in [3.8, 4) is 0 Å². The summed E-state index contributed by atoms with van der Waals surface area (Å²) in [6, 6.07) is 0.864. The summed E-state index contributed by atoms with van der Waals surface area (Å²) in [6.45, 7) is 8.47. The summed E-state index contributed by atoms with van der Waals surface area (Å²) >= 11 is 6.22. The average molecular weight is 281 g/mol. The van der Waals surface area contributed by atoms with Gasteiger partial charge in [0.25, 0.3) is 0 Å². The molecule has 3 rings (SSSR count). The minimum Gasteiger partial charge on any atom is -0.354 e. The van der Waals surface area contributed by atoms with Crippen LogP contribution in [0.1, 0.15) is 31.2 Å². The minimum atomic E-state index is 0.603. The number of anilines is 1. The van der Waals surface area contributed by atoms with E-state index in [0.717, 1.165) is 55.8 Å². The molecule has 4 nitrogen and oxygen atoms in total. The van der Waals surface area contributed by atoms with E-state index in [1.54, 1.807) is 0 Å². The van der Waals surface area contributed by atoms with Gasteiger partial charge in [-0.25, -0.2) is 9.97 Å². The Morgan fingerprint density at radius 1 is 1.16 bits per heavy atom. The van der Waals surface area contributed by atoms with Crippen LogP contribution in [0.5, 0.6) is 0 Å². The molecule has 1 aliphatic carbocycles. The van der Waals surface area contributed by atoms with E-state index < -0.39 is 0 Å². The summed E-state index contributed by atoms with van der Waals surface area (Å²) < 4.78 is 0. The molecule has 0 bridgehead atoms. The summed E-state index contributed by atoms with van der Waals surface area (Å²) in [4.78, 5) is 14.0. The second kappa shape index (κ2) is 5.25. The van der Waals surface area contributed by atoms with E-state index in [1.165, 1.54) is 12.8 Å². The van der Waals surface area contributed by atoms with Crippen LogP contribution in [0.15, 0.2) is 0 Å². The molecular formula is C14H21ClN4. The average Bonchev–Trinajstić information content (AvgIpc) is 3.26. The number of aromatic nitrogens is 2. The maximum Gasteiger partial charge on any atom is 0.137 e. The highest BCUT2D eigenvalue weighted by molar-refractivity contribution is 6.30. The molecule has 2 fully saturated rings. The molecule has 1 saturated carbocycles. The normalized spacial score (nSPS) is 20.9. The SMILES string of the molecule is CCc1nc(Cl)c(C)c(N2CCN(C3CC3)CC2)n1. The molecule has 0 spiro atoms. The molecule has 1 aromatic heterocycles. The van der Waals surface area contributed by atoms with E-state index in [1.807, 2.05) is 6.92 Å². The van der Waals surface area contributed by atoms with Gasteiger partial charge in [0.05, 0.1) is 0 Å². The summed E-state index contributed by atoms with van der Waals surface area (Å²) in [5.41, 5.74) is 1.01. The van der Waals surface area contributed by atoms with Gasteiger partial charge >= 0.3 is 0 Å². The van der Waals surface area contributed by atoms with E-state index in [-0.39, 0.29) is 0 Å². The molecule has 19 heavy (non-hydrogen) atoms. The first-order valence-electron chi connectivity index (χ1n) is 7.21. The molecule has 0 radical (unpaired) electrons. The molecule has 1 aromatic rings. The second-order valence-corrected chi connectivity index (χ2v) is 5.85. The molecule has 0 N–H and O–H groups in total. The fraction of sp³-hybridized carbons (Fsp3) is 0.714. The lowest BCUT2D eigenvalue weighted by Gasteiger charge is -2.36. The van der Waals surface area contributed by atoms with Crippen molar-refractivity contribution in [3.05, 3.63) is 16.5 Å². The Labute approximate surface area is 119 Å². The van der Waals surface area contributed by atoms with Crippen LogP contribution in [-0.2, 0) is 6.42 Å². The van der Waals surface area contributed by atoms with Gasteiger partial charge in [0.1, 0.15) is 16.8 Å². The van der Waals surface area contributed by atoms with E-state index in [2.05, 4.69) is 26.7 Å². The minimum absolute atomic E-state index is 0.603. The molecule has 1 saturated heterocycles. The number of nitrogens with zero attached hydrogens (tertiary/aromatic N) is 4. The lowest BCUT2D eigenvalue weighted by Crippen LogP contribution is -2.47. The summed E-state index contributed by atoms with van der Waals surface area (Å²) in [7, 11) is 0. The number of piperazine rings is 1. The first-order chi connectivity index (χ1) is 9.19. The van der Waals surface area contributed by atoms with E-state index in [9.17, 15) is 0 Å². The summed E-state index contributed by atoms with van der Waals surface area (Å²) in [6.07, 6.45) is 3.60. The van der Waals surface area contributed by atoms with Gasteiger partial charge in [0.2, 0.25) is 0 Å². The first kappa shape index (κ1) is 13.1. The molecule has 0 unspecified atom stereocenters. The van der Waals surface area contributed by atoms with E-state index in [4.69, 9.17) is 11.6 Å². The van der Waals surface area contributed by atoms with Crippen LogP contribution in [0.4, 0.5) is 5.82 Å². The molecule has 2 aliphatic rings. The topological polar surface area (TPSA) is 32.3 Å². The fourth-order valence-electron chi connectivity index (χ4n) is 2.73. The third-order valence-corrected chi connectivity index (χ3v) is 4.47. The second-order valence-electron chi connectivity index (χ2n) is 5.49. The number of aryl methyl sites for hydroxylation is 1. The van der Waals surface area contributed by atoms with Gasteiger partial charge < -0.3 is 4.90 Å². The molecule has 1 aliphatic heterocycles. The first-order valence-corrected chi connectivity index (χ1v) is 7.59. The van der Waals surface area contributed by atoms with Crippen LogP contribution in [-0.4, -0.2) is 47.1 Å². The Bertz CT molecular complexity index is 465. The Morgan fingerprint density at radius 3 is 2.42 bits per heavy atom. The quantitative estimate of drug-likeness (QED) is 0.795. The lowest BCUT2D eigenvalue weighted by atomic mass is 10.2. The van der Waals surface area contributed by atoms with Crippen LogP contribution < -0.4 is 4.90 Å². The van der Waals surface area contributed by atoms with Crippen molar-refractivity contribution in [1.82, 2.24) is 14.9 Å². The molecular weight excluding hydrogens is 260 g/mol. The molecule has 0 amide bonds. The highest BCUT2D eigenvalue weighted by Gasteiger charge is 2.31. The van der Waals surface area contributed by atoms with Gasteiger partial charge in [-0.1, -0.05) is 18.5 Å². The Hall–Kier alpha value is -0.870. The van der Waals surface area contributed by atoms with Gasteiger partial charge in [-0.3, -0.25) is 4.90 Å². The summed E-state index contributed by atoms with van der Waals surface area (Å²) in [5.74, 6) is 1.88. The van der Waals surface area contributed by atoms with Gasteiger partial charge in [-0.05, 0) is 19.8 Å². The van der Waals surface area contributed by atoms with Crippen molar-refractivity contribution in [2.45, 2.75) is 39.2 Å². The Balaban J connectivity index is 1.76. The zero-order valence-corrected chi connectivity index (χ0v) is 12.4. The van der Waals surface area contributed by atoms with Crippen LogP contribution in [0.25, 0.3) is 0 Å². The number of rotatable bonds is 3. The Kier molecular flexibility index (Phi) is 3.63. The maximum atomic E-state index is 6.22. The van der Waals surface area contributed by atoms with Crippen molar-refractivity contribution >= 4 is 17.4 Å². The molecule has 104 valence electrons. The zero-order chi connectivity index (χ0) is 13.4. The number of halogens is 1. The highest BCUT2D eigenvalue weighted by atomic mass is 35.5. The van der Waals surface area contributed by atoms with Crippen molar-refractivity contribution in [1.29, 1.82) is 0 Å². The Morgan fingerprint density at radius 2 is 1.84 bits per heavy atom. The van der Waals surface area contributed by atoms with Crippen molar-refractivity contribution in [3.63, 3.8) is 0 Å². The lowest BCUT2D eigenvalue weighted by molar-refractivity contribution is 0.247. The molecule has 0 atom stereocenters. The number of hydrogen-bond donors (Lipinski definition) is 0. The van der Waals surface area contributed by atoms with Crippen LogP contribution in [0, 0.1) is 6.92 Å². The third kappa shape index (κ3) is 2.70.